The number of rotatable bonds is 2. The van der Waals surface area contributed by atoms with Gasteiger partial charge in [-0.15, -0.1) is 0 Å². The van der Waals surface area contributed by atoms with Crippen LogP contribution in [0.15, 0.2) is 58.2 Å². The highest BCUT2D eigenvalue weighted by Gasteiger charge is 2.23. The molecule has 1 atom stereocenters. The minimum atomic E-state index is 0.220. The topological polar surface area (TPSA) is 37.3 Å². The first kappa shape index (κ1) is 11.4. The Bertz CT molecular complexity index is 581. The first-order chi connectivity index (χ1) is 8.84. The van der Waals surface area contributed by atoms with Crippen LogP contribution >= 0.6 is 15.9 Å². The zero-order chi connectivity index (χ0) is 12.4. The molecule has 0 saturated carbocycles. The third kappa shape index (κ3) is 2.16. The third-order valence-electron chi connectivity index (χ3n) is 2.99. The van der Waals surface area contributed by atoms with Crippen molar-refractivity contribution in [2.45, 2.75) is 12.5 Å². The number of benzene rings is 1. The highest BCUT2D eigenvalue weighted by Crippen LogP contribution is 2.29. The van der Waals surface area contributed by atoms with Crippen molar-refractivity contribution < 1.29 is 0 Å². The van der Waals surface area contributed by atoms with Gasteiger partial charge >= 0.3 is 0 Å². The molecule has 0 bridgehead atoms. The van der Waals surface area contributed by atoms with Crippen LogP contribution in [0.2, 0.25) is 0 Å². The lowest BCUT2D eigenvalue weighted by Crippen LogP contribution is -2.10. The molecule has 0 radical (unpaired) electrons. The van der Waals surface area contributed by atoms with E-state index in [1.54, 1.807) is 6.20 Å². The number of nitrogens with zero attached hydrogens (tertiary/aromatic N) is 2. The smallest absolute Gasteiger partial charge is 0.0883 e. The lowest BCUT2D eigenvalue weighted by atomic mass is 10.0. The minimum absolute atomic E-state index is 0.220. The molecular weight excluding hydrogens is 290 g/mol. The Morgan fingerprint density at radius 3 is 2.72 bits per heavy atom. The summed E-state index contributed by atoms with van der Waals surface area (Å²) in [6.07, 6.45) is 2.66. The second-order valence-electron chi connectivity index (χ2n) is 4.18. The molecule has 3 nitrogen and oxygen atoms in total. The number of hydrogen-bond donors (Lipinski definition) is 1. The molecule has 1 N–H and O–H groups in total. The SMILES string of the molecule is Brc1ccccc1C1CC(c2ccccn2)=NN1. The molecule has 0 saturated heterocycles. The normalized spacial score (nSPS) is 18.3. The second-order valence-corrected chi connectivity index (χ2v) is 5.04. The molecule has 2 aromatic rings. The van der Waals surface area contributed by atoms with Crippen molar-refractivity contribution in [3.05, 3.63) is 64.4 Å². The summed E-state index contributed by atoms with van der Waals surface area (Å²) in [7, 11) is 0. The number of hydrazone groups is 1. The molecule has 1 unspecified atom stereocenters. The van der Waals surface area contributed by atoms with E-state index in [9.17, 15) is 0 Å². The van der Waals surface area contributed by atoms with Crippen molar-refractivity contribution in [2.24, 2.45) is 5.10 Å². The van der Waals surface area contributed by atoms with Crippen LogP contribution in [0.25, 0.3) is 0 Å². The minimum Gasteiger partial charge on any atom is -0.302 e. The average molecular weight is 302 g/mol. The Morgan fingerprint density at radius 1 is 1.11 bits per heavy atom. The van der Waals surface area contributed by atoms with E-state index in [0.717, 1.165) is 22.3 Å². The van der Waals surface area contributed by atoms with Gasteiger partial charge in [0.25, 0.3) is 0 Å². The number of aromatic nitrogens is 1. The van der Waals surface area contributed by atoms with Gasteiger partial charge in [-0.3, -0.25) is 4.98 Å². The van der Waals surface area contributed by atoms with Crippen LogP contribution < -0.4 is 5.43 Å². The van der Waals surface area contributed by atoms with Gasteiger partial charge < -0.3 is 5.43 Å². The Morgan fingerprint density at radius 2 is 1.94 bits per heavy atom. The maximum Gasteiger partial charge on any atom is 0.0883 e. The molecular formula is C14H12BrN3. The molecule has 18 heavy (non-hydrogen) atoms. The van der Waals surface area contributed by atoms with Crippen LogP contribution in [0, 0.1) is 0 Å². The molecule has 1 aliphatic rings. The standard InChI is InChI=1S/C14H12BrN3/c15-11-6-2-1-5-10(11)13-9-14(18-17-13)12-7-3-4-8-16-12/h1-8,13,17H,9H2. The fraction of sp³-hybridized carbons (Fsp3) is 0.143. The van der Waals surface area contributed by atoms with E-state index in [1.807, 2.05) is 30.3 Å². The molecule has 1 aromatic heterocycles. The van der Waals surface area contributed by atoms with Crippen LogP contribution in [0.1, 0.15) is 23.7 Å². The molecule has 4 heteroatoms. The van der Waals surface area contributed by atoms with E-state index in [-0.39, 0.29) is 6.04 Å². The summed E-state index contributed by atoms with van der Waals surface area (Å²) in [5, 5.41) is 4.39. The summed E-state index contributed by atoms with van der Waals surface area (Å²) in [4.78, 5) is 4.33. The van der Waals surface area contributed by atoms with Crippen molar-refractivity contribution in [2.75, 3.05) is 0 Å². The monoisotopic (exact) mass is 301 g/mol. The predicted molar refractivity (Wildman–Crippen MR) is 75.4 cm³/mol. The zero-order valence-electron chi connectivity index (χ0n) is 9.68. The average Bonchev–Trinajstić information content (AvgIpc) is 2.90. The van der Waals surface area contributed by atoms with Crippen molar-refractivity contribution in [1.82, 2.24) is 10.4 Å². The maximum atomic E-state index is 4.39. The van der Waals surface area contributed by atoms with Gasteiger partial charge in [-0.1, -0.05) is 40.2 Å². The molecule has 90 valence electrons. The molecule has 1 aliphatic heterocycles. The van der Waals surface area contributed by atoms with Gasteiger partial charge in [-0.25, -0.2) is 0 Å². The lowest BCUT2D eigenvalue weighted by Gasteiger charge is -2.11. The van der Waals surface area contributed by atoms with Gasteiger partial charge in [0.1, 0.15) is 0 Å². The molecule has 3 rings (SSSR count). The van der Waals surface area contributed by atoms with Crippen molar-refractivity contribution in [3.8, 4) is 0 Å². The third-order valence-corrected chi connectivity index (χ3v) is 3.72. The zero-order valence-corrected chi connectivity index (χ0v) is 11.3. The molecule has 2 heterocycles. The van der Waals surface area contributed by atoms with Crippen LogP contribution in [-0.4, -0.2) is 10.7 Å². The van der Waals surface area contributed by atoms with Gasteiger partial charge in [0.15, 0.2) is 0 Å². The first-order valence-corrected chi connectivity index (χ1v) is 6.62. The predicted octanol–water partition coefficient (Wildman–Crippen LogP) is 3.28. The fourth-order valence-electron chi connectivity index (χ4n) is 2.07. The van der Waals surface area contributed by atoms with E-state index in [1.165, 1.54) is 5.56 Å². The van der Waals surface area contributed by atoms with Gasteiger partial charge in [0.05, 0.1) is 17.4 Å². The summed E-state index contributed by atoms with van der Waals surface area (Å²) in [5.41, 5.74) is 6.36. The van der Waals surface area contributed by atoms with Crippen LogP contribution in [-0.2, 0) is 0 Å². The van der Waals surface area contributed by atoms with Gasteiger partial charge in [-0.2, -0.15) is 5.10 Å². The molecule has 0 amide bonds. The summed E-state index contributed by atoms with van der Waals surface area (Å²) >= 11 is 3.58. The van der Waals surface area contributed by atoms with Gasteiger partial charge in [0, 0.05) is 17.1 Å². The fourth-order valence-corrected chi connectivity index (χ4v) is 2.63. The number of hydrogen-bond acceptors (Lipinski definition) is 3. The van der Waals surface area contributed by atoms with Crippen LogP contribution in [0.5, 0.6) is 0 Å². The van der Waals surface area contributed by atoms with E-state index in [0.29, 0.717) is 0 Å². The van der Waals surface area contributed by atoms with Crippen molar-refractivity contribution in [1.29, 1.82) is 0 Å². The van der Waals surface area contributed by atoms with E-state index >= 15 is 0 Å². The Labute approximate surface area is 114 Å². The quantitative estimate of drug-likeness (QED) is 0.924. The highest BCUT2D eigenvalue weighted by atomic mass is 79.9. The van der Waals surface area contributed by atoms with E-state index in [2.05, 4.69) is 43.6 Å². The number of halogens is 1. The Kier molecular flexibility index (Phi) is 3.11. The van der Waals surface area contributed by atoms with E-state index in [4.69, 9.17) is 0 Å². The van der Waals surface area contributed by atoms with Crippen LogP contribution in [0.4, 0.5) is 0 Å². The molecule has 1 aromatic carbocycles. The van der Waals surface area contributed by atoms with Crippen LogP contribution in [0.3, 0.4) is 0 Å². The summed E-state index contributed by atoms with van der Waals surface area (Å²) in [6, 6.07) is 14.3. The second kappa shape index (κ2) is 4.90. The Hall–Kier alpha value is -1.68. The highest BCUT2D eigenvalue weighted by molar-refractivity contribution is 9.10. The van der Waals surface area contributed by atoms with Crippen molar-refractivity contribution in [3.63, 3.8) is 0 Å². The molecule has 0 spiro atoms. The maximum absolute atomic E-state index is 4.39. The van der Waals surface area contributed by atoms with Crippen molar-refractivity contribution >= 4 is 21.6 Å². The lowest BCUT2D eigenvalue weighted by molar-refractivity contribution is 0.617. The Balaban J connectivity index is 1.81. The number of nitrogens with one attached hydrogen (secondary N) is 1. The summed E-state index contributed by atoms with van der Waals surface area (Å²) in [6.45, 7) is 0. The van der Waals surface area contributed by atoms with Gasteiger partial charge in [0.2, 0.25) is 0 Å². The van der Waals surface area contributed by atoms with Gasteiger partial charge in [-0.05, 0) is 23.8 Å². The van der Waals surface area contributed by atoms with E-state index < -0.39 is 0 Å². The summed E-state index contributed by atoms with van der Waals surface area (Å²) in [5.74, 6) is 0. The number of pyridine rings is 1. The molecule has 0 fully saturated rings. The largest absolute Gasteiger partial charge is 0.302 e. The summed E-state index contributed by atoms with van der Waals surface area (Å²) < 4.78 is 1.11. The first-order valence-electron chi connectivity index (χ1n) is 5.82. The molecule has 0 aliphatic carbocycles.